The number of nitrogens with one attached hydrogen (secondary N) is 1. The molecule has 2 aliphatic carbocycles. The Balaban J connectivity index is 1.17. The van der Waals surface area contributed by atoms with Crippen LogP contribution in [0.15, 0.2) is 23.4 Å². The van der Waals surface area contributed by atoms with E-state index in [-0.39, 0.29) is 12.7 Å². The van der Waals surface area contributed by atoms with Crippen molar-refractivity contribution in [3.05, 3.63) is 29.6 Å². The summed E-state index contributed by atoms with van der Waals surface area (Å²) in [5.41, 5.74) is 0.991. The molecule has 26 heavy (non-hydrogen) atoms. The van der Waals surface area contributed by atoms with Crippen LogP contribution in [0.3, 0.4) is 0 Å². The van der Waals surface area contributed by atoms with Crippen molar-refractivity contribution in [2.75, 3.05) is 12.5 Å². The summed E-state index contributed by atoms with van der Waals surface area (Å²) in [6, 6.07) is 6.25. The second-order valence-electron chi connectivity index (χ2n) is 6.97. The highest BCUT2D eigenvalue weighted by molar-refractivity contribution is 7.99. The van der Waals surface area contributed by atoms with Crippen LogP contribution >= 0.6 is 11.8 Å². The van der Waals surface area contributed by atoms with Gasteiger partial charge in [0.1, 0.15) is 5.82 Å². The Morgan fingerprint density at radius 1 is 1.19 bits per heavy atom. The monoisotopic (exact) mass is 372 g/mol. The minimum Gasteiger partial charge on any atom is -0.454 e. The van der Waals surface area contributed by atoms with Crippen molar-refractivity contribution in [2.45, 2.75) is 49.3 Å². The molecule has 1 N–H and O–H groups in total. The standard InChI is InChI=1S/C18H20N4O3S/c23-16(19-8-11-1-6-14-15(7-11)25-10-24-14)9-26-18-21-20-17(12-2-3-12)22(18)13-4-5-13/h1,6-7,12-13H,2-5,8-10H2,(H,19,23). The zero-order valence-electron chi connectivity index (χ0n) is 14.3. The van der Waals surface area contributed by atoms with Gasteiger partial charge in [0.2, 0.25) is 12.7 Å². The third-order valence-corrected chi connectivity index (χ3v) is 5.75. The van der Waals surface area contributed by atoms with Crippen molar-refractivity contribution in [3.8, 4) is 11.5 Å². The predicted octanol–water partition coefficient (Wildman–Crippen LogP) is 2.63. The number of carbonyl (C=O) groups is 1. The number of thioether (sulfide) groups is 1. The summed E-state index contributed by atoms with van der Waals surface area (Å²) in [6.07, 6.45) is 4.82. The number of nitrogens with zero attached hydrogens (tertiary/aromatic N) is 3. The Hall–Kier alpha value is -2.22. The van der Waals surface area contributed by atoms with E-state index in [0.29, 0.717) is 24.3 Å². The molecule has 1 aromatic carbocycles. The fourth-order valence-electron chi connectivity index (χ4n) is 3.12. The number of aromatic nitrogens is 3. The lowest BCUT2D eigenvalue weighted by Crippen LogP contribution is -2.24. The normalized spacial score (nSPS) is 18.2. The van der Waals surface area contributed by atoms with E-state index >= 15 is 0 Å². The van der Waals surface area contributed by atoms with Gasteiger partial charge in [-0.25, -0.2) is 0 Å². The highest BCUT2D eigenvalue weighted by Crippen LogP contribution is 2.46. The zero-order valence-corrected chi connectivity index (χ0v) is 15.1. The number of ether oxygens (including phenoxy) is 2. The first-order chi connectivity index (χ1) is 12.8. The smallest absolute Gasteiger partial charge is 0.231 e. The molecule has 0 bridgehead atoms. The van der Waals surface area contributed by atoms with Gasteiger partial charge in [-0.05, 0) is 43.4 Å². The van der Waals surface area contributed by atoms with Crippen LogP contribution in [0.4, 0.5) is 0 Å². The lowest BCUT2D eigenvalue weighted by atomic mass is 10.2. The van der Waals surface area contributed by atoms with Gasteiger partial charge in [0.05, 0.1) is 5.75 Å². The fraction of sp³-hybridized carbons (Fsp3) is 0.500. The maximum absolute atomic E-state index is 12.2. The second-order valence-corrected chi connectivity index (χ2v) is 7.91. The topological polar surface area (TPSA) is 78.3 Å². The number of hydrogen-bond donors (Lipinski definition) is 1. The van der Waals surface area contributed by atoms with Crippen LogP contribution in [-0.4, -0.2) is 33.2 Å². The molecule has 0 atom stereocenters. The molecule has 2 saturated carbocycles. The van der Waals surface area contributed by atoms with E-state index in [1.807, 2.05) is 18.2 Å². The van der Waals surface area contributed by atoms with Crippen molar-refractivity contribution < 1.29 is 14.3 Å². The Morgan fingerprint density at radius 3 is 2.85 bits per heavy atom. The molecule has 3 aliphatic rings. The van der Waals surface area contributed by atoms with E-state index in [4.69, 9.17) is 9.47 Å². The Bertz CT molecular complexity index is 845. The van der Waals surface area contributed by atoms with Crippen LogP contribution in [0.2, 0.25) is 0 Å². The van der Waals surface area contributed by atoms with Gasteiger partial charge in [-0.1, -0.05) is 17.8 Å². The number of carbonyl (C=O) groups excluding carboxylic acids is 1. The molecule has 8 heteroatoms. The van der Waals surface area contributed by atoms with Crippen molar-refractivity contribution in [1.29, 1.82) is 0 Å². The first kappa shape index (κ1) is 16.0. The zero-order chi connectivity index (χ0) is 17.5. The molecule has 0 unspecified atom stereocenters. The number of hydrogen-bond acceptors (Lipinski definition) is 6. The van der Waals surface area contributed by atoms with Gasteiger partial charge in [0.25, 0.3) is 0 Å². The molecule has 0 radical (unpaired) electrons. The number of rotatable bonds is 7. The highest BCUT2D eigenvalue weighted by Gasteiger charge is 2.36. The van der Waals surface area contributed by atoms with E-state index < -0.39 is 0 Å². The average Bonchev–Trinajstić information content (AvgIpc) is 3.59. The van der Waals surface area contributed by atoms with Crippen molar-refractivity contribution >= 4 is 17.7 Å². The minimum atomic E-state index is -0.00835. The summed E-state index contributed by atoms with van der Waals surface area (Å²) in [4.78, 5) is 12.2. The molecule has 2 aromatic rings. The molecule has 136 valence electrons. The highest BCUT2D eigenvalue weighted by atomic mass is 32.2. The van der Waals surface area contributed by atoms with Gasteiger partial charge in [0, 0.05) is 18.5 Å². The Kier molecular flexibility index (Phi) is 4.00. The van der Waals surface area contributed by atoms with Crippen LogP contribution in [0.5, 0.6) is 11.5 Å². The quantitative estimate of drug-likeness (QED) is 0.753. The van der Waals surface area contributed by atoms with E-state index in [9.17, 15) is 4.79 Å². The summed E-state index contributed by atoms with van der Waals surface area (Å²) in [7, 11) is 0. The maximum atomic E-state index is 12.2. The SMILES string of the molecule is O=C(CSc1nnc(C2CC2)n1C1CC1)NCc1ccc2c(c1)OCO2. The molecular weight excluding hydrogens is 352 g/mol. The molecule has 0 saturated heterocycles. The molecule has 5 rings (SSSR count). The number of amides is 1. The summed E-state index contributed by atoms with van der Waals surface area (Å²) >= 11 is 1.48. The number of fused-ring (bicyclic) bond motifs is 1. The minimum absolute atomic E-state index is 0.00835. The molecule has 7 nitrogen and oxygen atoms in total. The number of benzene rings is 1. The summed E-state index contributed by atoms with van der Waals surface area (Å²) in [6.45, 7) is 0.727. The molecule has 2 fully saturated rings. The first-order valence-electron chi connectivity index (χ1n) is 9.01. The fourth-order valence-corrected chi connectivity index (χ4v) is 3.96. The third kappa shape index (κ3) is 3.25. The largest absolute Gasteiger partial charge is 0.454 e. The van der Waals surface area contributed by atoms with Crippen molar-refractivity contribution in [3.63, 3.8) is 0 Å². The average molecular weight is 372 g/mol. The van der Waals surface area contributed by atoms with E-state index in [1.54, 1.807) is 0 Å². The lowest BCUT2D eigenvalue weighted by Gasteiger charge is -2.08. The Labute approximate surface area is 155 Å². The molecular formula is C18H20N4O3S. The second kappa shape index (κ2) is 6.50. The Morgan fingerprint density at radius 2 is 2.04 bits per heavy atom. The van der Waals surface area contributed by atoms with E-state index in [2.05, 4.69) is 20.1 Å². The molecule has 1 aromatic heterocycles. The van der Waals surface area contributed by atoms with Gasteiger partial charge < -0.3 is 19.4 Å². The molecule has 1 aliphatic heterocycles. The summed E-state index contributed by atoms with van der Waals surface area (Å²) in [5.74, 6) is 3.52. The van der Waals surface area contributed by atoms with Crippen LogP contribution < -0.4 is 14.8 Å². The third-order valence-electron chi connectivity index (χ3n) is 4.80. The molecule has 0 spiro atoms. The molecule has 2 heterocycles. The van der Waals surface area contributed by atoms with Crippen molar-refractivity contribution in [2.24, 2.45) is 0 Å². The van der Waals surface area contributed by atoms with Gasteiger partial charge in [0.15, 0.2) is 16.7 Å². The summed E-state index contributed by atoms with van der Waals surface area (Å²) < 4.78 is 12.9. The molecule has 1 amide bonds. The van der Waals surface area contributed by atoms with Gasteiger partial charge >= 0.3 is 0 Å². The van der Waals surface area contributed by atoms with Crippen LogP contribution in [0.25, 0.3) is 0 Å². The van der Waals surface area contributed by atoms with Crippen LogP contribution in [0, 0.1) is 0 Å². The van der Waals surface area contributed by atoms with E-state index in [0.717, 1.165) is 28.0 Å². The predicted molar refractivity (Wildman–Crippen MR) is 95.4 cm³/mol. The van der Waals surface area contributed by atoms with Crippen molar-refractivity contribution in [1.82, 2.24) is 20.1 Å². The van der Waals surface area contributed by atoms with Crippen LogP contribution in [-0.2, 0) is 11.3 Å². The first-order valence-corrected chi connectivity index (χ1v) is 9.99. The van der Waals surface area contributed by atoms with Gasteiger partial charge in [-0.2, -0.15) is 0 Å². The van der Waals surface area contributed by atoms with Gasteiger partial charge in [-0.15, -0.1) is 10.2 Å². The van der Waals surface area contributed by atoms with Gasteiger partial charge in [-0.3, -0.25) is 4.79 Å². The lowest BCUT2D eigenvalue weighted by molar-refractivity contribution is -0.118. The summed E-state index contributed by atoms with van der Waals surface area (Å²) in [5, 5.41) is 12.5. The van der Waals surface area contributed by atoms with Crippen LogP contribution in [0.1, 0.15) is 49.0 Å². The van der Waals surface area contributed by atoms with E-state index in [1.165, 1.54) is 37.4 Å². The maximum Gasteiger partial charge on any atom is 0.231 e.